The number of carbonyl (C=O) groups excluding carboxylic acids is 1. The SMILES string of the molecule is CCOC(=O)c1ccc(Sc2ccc(OC)c(Cl)c2)cc1. The molecule has 2 aromatic rings. The molecule has 5 heteroatoms. The van der Waals surface area contributed by atoms with Gasteiger partial charge in [0.1, 0.15) is 5.75 Å². The summed E-state index contributed by atoms with van der Waals surface area (Å²) in [5, 5.41) is 0.575. The molecule has 0 atom stereocenters. The topological polar surface area (TPSA) is 35.5 Å². The molecule has 0 aliphatic heterocycles. The number of rotatable bonds is 5. The molecular weight excluding hydrogens is 308 g/mol. The van der Waals surface area contributed by atoms with Crippen LogP contribution in [0.15, 0.2) is 52.3 Å². The number of halogens is 1. The molecule has 110 valence electrons. The van der Waals surface area contributed by atoms with Crippen molar-refractivity contribution in [2.45, 2.75) is 16.7 Å². The number of carbonyl (C=O) groups is 1. The molecule has 21 heavy (non-hydrogen) atoms. The van der Waals surface area contributed by atoms with E-state index in [1.165, 1.54) is 0 Å². The third-order valence-electron chi connectivity index (χ3n) is 2.72. The first-order valence-electron chi connectivity index (χ1n) is 6.42. The lowest BCUT2D eigenvalue weighted by molar-refractivity contribution is 0.0526. The molecule has 0 saturated carbocycles. The molecule has 0 aliphatic carbocycles. The Balaban J connectivity index is 2.10. The number of hydrogen-bond donors (Lipinski definition) is 0. The van der Waals surface area contributed by atoms with Gasteiger partial charge >= 0.3 is 5.97 Å². The quantitative estimate of drug-likeness (QED) is 0.749. The third-order valence-corrected chi connectivity index (χ3v) is 4.02. The molecule has 0 amide bonds. The molecule has 0 N–H and O–H groups in total. The van der Waals surface area contributed by atoms with Crippen LogP contribution in [0.1, 0.15) is 17.3 Å². The van der Waals surface area contributed by atoms with Crippen molar-refractivity contribution in [1.29, 1.82) is 0 Å². The molecule has 0 fully saturated rings. The van der Waals surface area contributed by atoms with E-state index in [0.29, 0.717) is 22.9 Å². The number of esters is 1. The van der Waals surface area contributed by atoms with E-state index < -0.39 is 0 Å². The molecule has 3 nitrogen and oxygen atoms in total. The van der Waals surface area contributed by atoms with Crippen molar-refractivity contribution in [2.24, 2.45) is 0 Å². The molecule has 2 aromatic carbocycles. The van der Waals surface area contributed by atoms with Gasteiger partial charge in [0.2, 0.25) is 0 Å². The standard InChI is InChI=1S/C16H15ClO3S/c1-3-20-16(18)11-4-6-12(7-5-11)21-13-8-9-15(19-2)14(17)10-13/h4-10H,3H2,1-2H3. The predicted octanol–water partition coefficient (Wildman–Crippen LogP) is 4.68. The van der Waals surface area contributed by atoms with Crippen LogP contribution in [-0.2, 0) is 4.74 Å². The van der Waals surface area contributed by atoms with Crippen LogP contribution in [0.25, 0.3) is 0 Å². The minimum absolute atomic E-state index is 0.304. The van der Waals surface area contributed by atoms with Gasteiger partial charge in [0.25, 0.3) is 0 Å². The van der Waals surface area contributed by atoms with Gasteiger partial charge in [0.15, 0.2) is 0 Å². The zero-order valence-electron chi connectivity index (χ0n) is 11.8. The average molecular weight is 323 g/mol. The molecule has 0 heterocycles. The van der Waals surface area contributed by atoms with E-state index in [4.69, 9.17) is 21.1 Å². The zero-order valence-corrected chi connectivity index (χ0v) is 13.3. The molecule has 0 aromatic heterocycles. The summed E-state index contributed by atoms with van der Waals surface area (Å²) in [6.07, 6.45) is 0. The third kappa shape index (κ3) is 4.16. The van der Waals surface area contributed by atoms with E-state index in [-0.39, 0.29) is 5.97 Å². The van der Waals surface area contributed by atoms with Gasteiger partial charge in [-0.1, -0.05) is 23.4 Å². The van der Waals surface area contributed by atoms with E-state index in [1.54, 1.807) is 37.9 Å². The number of benzene rings is 2. The number of methoxy groups -OCH3 is 1. The van der Waals surface area contributed by atoms with Gasteiger partial charge in [0.05, 0.1) is 24.3 Å². The molecule has 0 aliphatic rings. The average Bonchev–Trinajstić information content (AvgIpc) is 2.48. The van der Waals surface area contributed by atoms with Gasteiger partial charge in [-0.15, -0.1) is 0 Å². The van der Waals surface area contributed by atoms with Gasteiger partial charge in [0, 0.05) is 9.79 Å². The second-order valence-electron chi connectivity index (χ2n) is 4.14. The van der Waals surface area contributed by atoms with Crippen LogP contribution in [0.2, 0.25) is 5.02 Å². The van der Waals surface area contributed by atoms with Crippen molar-refractivity contribution < 1.29 is 14.3 Å². The van der Waals surface area contributed by atoms with Crippen LogP contribution in [-0.4, -0.2) is 19.7 Å². The fourth-order valence-electron chi connectivity index (χ4n) is 1.72. The highest BCUT2D eigenvalue weighted by molar-refractivity contribution is 7.99. The molecule has 0 bridgehead atoms. The second kappa shape index (κ2) is 7.38. The van der Waals surface area contributed by atoms with Crippen molar-refractivity contribution in [3.05, 3.63) is 53.1 Å². The van der Waals surface area contributed by atoms with Crippen LogP contribution in [0, 0.1) is 0 Å². The molecule has 0 saturated heterocycles. The smallest absolute Gasteiger partial charge is 0.338 e. The van der Waals surface area contributed by atoms with Crippen LogP contribution in [0.3, 0.4) is 0 Å². The van der Waals surface area contributed by atoms with Gasteiger partial charge in [-0.2, -0.15) is 0 Å². The molecule has 0 unspecified atom stereocenters. The highest BCUT2D eigenvalue weighted by Crippen LogP contribution is 2.33. The van der Waals surface area contributed by atoms with E-state index in [0.717, 1.165) is 9.79 Å². The Labute approximate surface area is 133 Å². The van der Waals surface area contributed by atoms with Gasteiger partial charge in [-0.05, 0) is 49.4 Å². The summed E-state index contributed by atoms with van der Waals surface area (Å²) < 4.78 is 10.1. The summed E-state index contributed by atoms with van der Waals surface area (Å²) in [5.74, 6) is 0.347. The van der Waals surface area contributed by atoms with Crippen LogP contribution < -0.4 is 4.74 Å². The fraction of sp³-hybridized carbons (Fsp3) is 0.188. The van der Waals surface area contributed by atoms with E-state index in [2.05, 4.69) is 0 Å². The predicted molar refractivity (Wildman–Crippen MR) is 84.5 cm³/mol. The maximum atomic E-state index is 11.6. The van der Waals surface area contributed by atoms with Crippen LogP contribution >= 0.6 is 23.4 Å². The lowest BCUT2D eigenvalue weighted by atomic mass is 10.2. The van der Waals surface area contributed by atoms with Gasteiger partial charge in [-0.3, -0.25) is 0 Å². The van der Waals surface area contributed by atoms with E-state index in [1.807, 2.05) is 30.3 Å². The fourth-order valence-corrected chi connectivity index (χ4v) is 2.90. The molecule has 2 rings (SSSR count). The normalized spacial score (nSPS) is 10.2. The first-order chi connectivity index (χ1) is 10.1. The Morgan fingerprint density at radius 1 is 1.14 bits per heavy atom. The number of ether oxygens (including phenoxy) is 2. The molecule has 0 spiro atoms. The summed E-state index contributed by atoms with van der Waals surface area (Å²) in [6, 6.07) is 12.9. The lowest BCUT2D eigenvalue weighted by Crippen LogP contribution is -2.03. The summed E-state index contributed by atoms with van der Waals surface area (Å²) in [7, 11) is 1.59. The van der Waals surface area contributed by atoms with E-state index in [9.17, 15) is 4.79 Å². The summed E-state index contributed by atoms with van der Waals surface area (Å²) in [6.45, 7) is 2.16. The second-order valence-corrected chi connectivity index (χ2v) is 5.70. The first-order valence-corrected chi connectivity index (χ1v) is 7.62. The maximum absolute atomic E-state index is 11.6. The lowest BCUT2D eigenvalue weighted by Gasteiger charge is -2.07. The monoisotopic (exact) mass is 322 g/mol. The van der Waals surface area contributed by atoms with Crippen molar-refractivity contribution >= 4 is 29.3 Å². The maximum Gasteiger partial charge on any atom is 0.338 e. The Hall–Kier alpha value is -1.65. The summed E-state index contributed by atoms with van der Waals surface area (Å²) >= 11 is 7.66. The Morgan fingerprint density at radius 3 is 2.38 bits per heavy atom. The van der Waals surface area contributed by atoms with Gasteiger partial charge < -0.3 is 9.47 Å². The first kappa shape index (κ1) is 15.7. The van der Waals surface area contributed by atoms with Gasteiger partial charge in [-0.25, -0.2) is 4.79 Å². The molecular formula is C16H15ClO3S. The van der Waals surface area contributed by atoms with Crippen molar-refractivity contribution in [3.63, 3.8) is 0 Å². The Kier molecular flexibility index (Phi) is 5.53. The largest absolute Gasteiger partial charge is 0.495 e. The van der Waals surface area contributed by atoms with E-state index >= 15 is 0 Å². The summed E-state index contributed by atoms with van der Waals surface area (Å²) in [4.78, 5) is 13.6. The Bertz CT molecular complexity index is 626. The van der Waals surface area contributed by atoms with Crippen molar-refractivity contribution in [1.82, 2.24) is 0 Å². The minimum atomic E-state index is -0.304. The van der Waals surface area contributed by atoms with Crippen LogP contribution in [0.5, 0.6) is 5.75 Å². The van der Waals surface area contributed by atoms with Crippen molar-refractivity contribution in [3.8, 4) is 5.75 Å². The molecule has 0 radical (unpaired) electrons. The number of hydrogen-bond acceptors (Lipinski definition) is 4. The summed E-state index contributed by atoms with van der Waals surface area (Å²) in [5.41, 5.74) is 0.550. The highest BCUT2D eigenvalue weighted by Gasteiger charge is 2.07. The minimum Gasteiger partial charge on any atom is -0.495 e. The van der Waals surface area contributed by atoms with Crippen LogP contribution in [0.4, 0.5) is 0 Å². The zero-order chi connectivity index (χ0) is 15.2. The Morgan fingerprint density at radius 2 is 1.81 bits per heavy atom. The highest BCUT2D eigenvalue weighted by atomic mass is 35.5. The van der Waals surface area contributed by atoms with Crippen molar-refractivity contribution in [2.75, 3.05) is 13.7 Å².